The van der Waals surface area contributed by atoms with Crippen LogP contribution in [-0.4, -0.2) is 22.6 Å². The first-order valence-electron chi connectivity index (χ1n) is 5.58. The van der Waals surface area contributed by atoms with E-state index < -0.39 is 12.0 Å². The summed E-state index contributed by atoms with van der Waals surface area (Å²) in [5.74, 6) is -1.91. The summed E-state index contributed by atoms with van der Waals surface area (Å²) >= 11 is 1.60. The van der Waals surface area contributed by atoms with Crippen molar-refractivity contribution in [3.63, 3.8) is 0 Å². The number of halogens is 3. The van der Waals surface area contributed by atoms with Crippen molar-refractivity contribution in [3.8, 4) is 0 Å². The molecule has 0 bridgehead atoms. The van der Waals surface area contributed by atoms with Gasteiger partial charge in [-0.05, 0) is 11.4 Å². The number of hydrogen-bond donors (Lipinski definition) is 1. The molecular weight excluding hydrogens is 296 g/mol. The summed E-state index contributed by atoms with van der Waals surface area (Å²) in [6, 6.07) is 3.38. The average Bonchev–Trinajstić information content (AvgIpc) is 3.00. The Morgan fingerprint density at radius 2 is 2.37 bits per heavy atom. The van der Waals surface area contributed by atoms with Gasteiger partial charge >= 0.3 is 0 Å². The van der Waals surface area contributed by atoms with Crippen LogP contribution in [0.1, 0.15) is 29.1 Å². The summed E-state index contributed by atoms with van der Waals surface area (Å²) in [6.07, 6.45) is 0.290. The summed E-state index contributed by atoms with van der Waals surface area (Å²) in [4.78, 5) is 5.28. The number of alkyl halides is 2. The molecule has 0 spiro atoms. The Kier molecular flexibility index (Phi) is 4.17. The van der Waals surface area contributed by atoms with Crippen LogP contribution in [0.4, 0.5) is 8.78 Å². The summed E-state index contributed by atoms with van der Waals surface area (Å²) in [5, 5.41) is 8.48. The first kappa shape index (κ1) is 14.4. The second-order valence-corrected chi connectivity index (χ2v) is 5.33. The van der Waals surface area contributed by atoms with Gasteiger partial charge in [-0.1, -0.05) is 11.2 Å². The zero-order valence-electron chi connectivity index (χ0n) is 9.81. The summed E-state index contributed by atoms with van der Waals surface area (Å²) < 4.78 is 31.1. The molecule has 1 aliphatic heterocycles. The number of hydrogen-bond acceptors (Lipinski definition) is 5. The minimum Gasteiger partial charge on any atom is -0.338 e. The van der Waals surface area contributed by atoms with Crippen molar-refractivity contribution in [2.45, 2.75) is 24.8 Å². The molecule has 1 aliphatic rings. The third-order valence-corrected chi connectivity index (χ3v) is 3.68. The van der Waals surface area contributed by atoms with E-state index in [-0.39, 0.29) is 31.3 Å². The molecule has 1 fully saturated rings. The van der Waals surface area contributed by atoms with Crippen molar-refractivity contribution in [3.05, 3.63) is 34.1 Å². The topological polar surface area (TPSA) is 51.0 Å². The van der Waals surface area contributed by atoms with E-state index in [9.17, 15) is 8.78 Å². The second-order valence-electron chi connectivity index (χ2n) is 4.30. The van der Waals surface area contributed by atoms with E-state index in [0.29, 0.717) is 12.2 Å². The number of nitrogens with one attached hydrogen (secondary N) is 1. The van der Waals surface area contributed by atoms with Crippen LogP contribution in [0.2, 0.25) is 0 Å². The van der Waals surface area contributed by atoms with E-state index in [2.05, 4.69) is 15.5 Å². The Labute approximate surface area is 118 Å². The van der Waals surface area contributed by atoms with Crippen LogP contribution in [0.15, 0.2) is 22.0 Å². The molecule has 1 atom stereocenters. The molecule has 2 aromatic rings. The lowest BCUT2D eigenvalue weighted by atomic mass is 10.2. The van der Waals surface area contributed by atoms with Crippen LogP contribution in [0, 0.1) is 0 Å². The lowest BCUT2D eigenvalue weighted by Crippen LogP contribution is -2.19. The quantitative estimate of drug-likeness (QED) is 0.947. The molecule has 0 saturated carbocycles. The van der Waals surface area contributed by atoms with Crippen molar-refractivity contribution < 1.29 is 13.3 Å². The highest BCUT2D eigenvalue weighted by atomic mass is 35.5. The Morgan fingerprint density at radius 3 is 3.00 bits per heavy atom. The maximum Gasteiger partial charge on any atom is 0.262 e. The fraction of sp³-hybridized carbons (Fsp3) is 0.455. The molecule has 4 nitrogen and oxygen atoms in total. The summed E-state index contributed by atoms with van der Waals surface area (Å²) in [6.45, 7) is -0.333. The fourth-order valence-electron chi connectivity index (χ4n) is 1.94. The molecule has 19 heavy (non-hydrogen) atoms. The van der Waals surface area contributed by atoms with Gasteiger partial charge in [0.1, 0.15) is 0 Å². The molecule has 3 heterocycles. The van der Waals surface area contributed by atoms with Gasteiger partial charge in [0.15, 0.2) is 5.82 Å². The van der Waals surface area contributed by atoms with E-state index in [1.54, 1.807) is 11.3 Å². The Balaban J connectivity index is 0.00000133. The van der Waals surface area contributed by atoms with Crippen molar-refractivity contribution in [1.82, 2.24) is 15.5 Å². The predicted octanol–water partition coefficient (Wildman–Crippen LogP) is 2.81. The van der Waals surface area contributed by atoms with Crippen LogP contribution in [0.3, 0.4) is 0 Å². The third-order valence-electron chi connectivity index (χ3n) is 2.80. The first-order chi connectivity index (χ1) is 8.62. The number of rotatable bonds is 3. The Morgan fingerprint density at radius 1 is 1.53 bits per heavy atom. The molecule has 0 aromatic carbocycles. The second kappa shape index (κ2) is 5.52. The van der Waals surface area contributed by atoms with Gasteiger partial charge in [0.2, 0.25) is 5.89 Å². The van der Waals surface area contributed by atoms with Gasteiger partial charge in [-0.25, -0.2) is 8.78 Å². The molecule has 104 valence electrons. The molecule has 1 unspecified atom stereocenters. The van der Waals surface area contributed by atoms with Crippen LogP contribution in [0.5, 0.6) is 0 Å². The largest absolute Gasteiger partial charge is 0.338 e. The van der Waals surface area contributed by atoms with Crippen LogP contribution in [0.25, 0.3) is 0 Å². The standard InChI is InChI=1S/C11H11F2N3OS.ClH/c12-11(13)5-8(14-6-11)10-15-9(16-17-10)4-7-2-1-3-18-7;/h1-3,8,14H,4-6H2;1H. The molecule has 1 saturated heterocycles. The van der Waals surface area contributed by atoms with Gasteiger partial charge in [0, 0.05) is 17.7 Å². The minimum atomic E-state index is -2.69. The van der Waals surface area contributed by atoms with Gasteiger partial charge < -0.3 is 4.52 Å². The van der Waals surface area contributed by atoms with Crippen molar-refractivity contribution in [1.29, 1.82) is 0 Å². The Hall–Kier alpha value is -1.05. The van der Waals surface area contributed by atoms with E-state index >= 15 is 0 Å². The van der Waals surface area contributed by atoms with E-state index in [1.165, 1.54) is 0 Å². The Bertz CT molecular complexity index is 532. The van der Waals surface area contributed by atoms with E-state index in [0.717, 1.165) is 4.88 Å². The first-order valence-corrected chi connectivity index (χ1v) is 6.46. The van der Waals surface area contributed by atoms with Gasteiger partial charge in [-0.15, -0.1) is 23.7 Å². The van der Waals surface area contributed by atoms with E-state index in [4.69, 9.17) is 4.52 Å². The molecule has 0 radical (unpaired) electrons. The van der Waals surface area contributed by atoms with Crippen molar-refractivity contribution in [2.24, 2.45) is 0 Å². The van der Waals surface area contributed by atoms with Gasteiger partial charge in [0.25, 0.3) is 5.92 Å². The molecule has 0 aliphatic carbocycles. The summed E-state index contributed by atoms with van der Waals surface area (Å²) in [7, 11) is 0. The summed E-state index contributed by atoms with van der Waals surface area (Å²) in [5.41, 5.74) is 0. The molecular formula is C11H12ClF2N3OS. The van der Waals surface area contributed by atoms with Gasteiger partial charge in [-0.3, -0.25) is 5.32 Å². The van der Waals surface area contributed by atoms with Gasteiger partial charge in [-0.2, -0.15) is 4.98 Å². The highest BCUT2D eigenvalue weighted by molar-refractivity contribution is 7.09. The third kappa shape index (κ3) is 3.29. The lowest BCUT2D eigenvalue weighted by Gasteiger charge is -2.04. The van der Waals surface area contributed by atoms with E-state index in [1.807, 2.05) is 17.5 Å². The minimum absolute atomic E-state index is 0. The van der Waals surface area contributed by atoms with Crippen LogP contribution < -0.4 is 5.32 Å². The smallest absolute Gasteiger partial charge is 0.262 e. The van der Waals surface area contributed by atoms with Crippen LogP contribution >= 0.6 is 23.7 Å². The number of aromatic nitrogens is 2. The molecule has 0 amide bonds. The molecule has 8 heteroatoms. The highest BCUT2D eigenvalue weighted by Crippen LogP contribution is 2.33. The predicted molar refractivity (Wildman–Crippen MR) is 69.0 cm³/mol. The van der Waals surface area contributed by atoms with Gasteiger partial charge in [0.05, 0.1) is 12.6 Å². The molecule has 1 N–H and O–H groups in total. The number of nitrogens with zero attached hydrogens (tertiary/aromatic N) is 2. The normalized spacial score (nSPS) is 21.3. The zero-order chi connectivity index (χ0) is 12.6. The average molecular weight is 308 g/mol. The SMILES string of the molecule is Cl.FC1(F)CNC(c2nc(Cc3cccs3)no2)C1. The lowest BCUT2D eigenvalue weighted by molar-refractivity contribution is 0.0200. The monoisotopic (exact) mass is 307 g/mol. The maximum absolute atomic E-state index is 13.0. The van der Waals surface area contributed by atoms with Crippen LogP contribution in [-0.2, 0) is 6.42 Å². The van der Waals surface area contributed by atoms with Crippen molar-refractivity contribution >= 4 is 23.7 Å². The number of thiophene rings is 1. The fourth-order valence-corrected chi connectivity index (χ4v) is 2.64. The zero-order valence-corrected chi connectivity index (χ0v) is 11.4. The molecule has 2 aromatic heterocycles. The molecule has 3 rings (SSSR count). The van der Waals surface area contributed by atoms with Crippen molar-refractivity contribution in [2.75, 3.05) is 6.54 Å². The maximum atomic E-state index is 13.0. The highest BCUT2D eigenvalue weighted by Gasteiger charge is 2.42.